The molecular weight excluding hydrogens is 363 g/mol. The molecule has 0 aliphatic carbocycles. The van der Waals surface area contributed by atoms with Crippen LogP contribution >= 0.6 is 23.2 Å². The number of nitrogens with one attached hydrogen (secondary N) is 2. The van der Waals surface area contributed by atoms with Crippen molar-refractivity contribution in [2.24, 2.45) is 0 Å². The van der Waals surface area contributed by atoms with Gasteiger partial charge in [-0.25, -0.2) is 0 Å². The average molecular weight is 379 g/mol. The Morgan fingerprint density at radius 2 is 2.00 bits per heavy atom. The molecule has 2 amide bonds. The Balaban J connectivity index is 1.69. The zero-order valence-electron chi connectivity index (χ0n) is 13.4. The van der Waals surface area contributed by atoms with Gasteiger partial charge in [-0.1, -0.05) is 29.3 Å². The molecular formula is C18H16Cl2N2O3. The van der Waals surface area contributed by atoms with Gasteiger partial charge in [0.25, 0.3) is 11.8 Å². The van der Waals surface area contributed by atoms with E-state index in [1.807, 2.05) is 6.92 Å². The third-order valence-corrected chi connectivity index (χ3v) is 4.53. The number of ether oxygens (including phenoxy) is 1. The van der Waals surface area contributed by atoms with Crippen LogP contribution in [0, 0.1) is 0 Å². The molecule has 2 aromatic carbocycles. The SMILES string of the molecule is CC(Cc1c(Cl)cccc1Cl)NC(=O)c1ccc2c(c1)OCC(=O)N2. The second kappa shape index (κ2) is 7.33. The van der Waals surface area contributed by atoms with Crippen LogP contribution in [0.25, 0.3) is 0 Å². The lowest BCUT2D eigenvalue weighted by molar-refractivity contribution is -0.118. The van der Waals surface area contributed by atoms with Crippen LogP contribution < -0.4 is 15.4 Å². The molecule has 1 unspecified atom stereocenters. The molecule has 7 heteroatoms. The van der Waals surface area contributed by atoms with E-state index in [1.165, 1.54) is 0 Å². The van der Waals surface area contributed by atoms with Crippen LogP contribution in [0.3, 0.4) is 0 Å². The Labute approximate surface area is 155 Å². The Hall–Kier alpha value is -2.24. The maximum absolute atomic E-state index is 12.4. The molecule has 5 nitrogen and oxygen atoms in total. The summed E-state index contributed by atoms with van der Waals surface area (Å²) in [6, 6.07) is 10.1. The number of hydrogen-bond donors (Lipinski definition) is 2. The van der Waals surface area contributed by atoms with Crippen molar-refractivity contribution in [2.75, 3.05) is 11.9 Å². The predicted octanol–water partition coefficient (Wildman–Crippen LogP) is 3.69. The first-order chi connectivity index (χ1) is 11.9. The van der Waals surface area contributed by atoms with Crippen molar-refractivity contribution in [1.82, 2.24) is 5.32 Å². The summed E-state index contributed by atoms with van der Waals surface area (Å²) >= 11 is 12.3. The fourth-order valence-corrected chi connectivity index (χ4v) is 3.16. The van der Waals surface area contributed by atoms with Crippen LogP contribution in [-0.4, -0.2) is 24.5 Å². The van der Waals surface area contributed by atoms with Crippen molar-refractivity contribution >= 4 is 40.7 Å². The van der Waals surface area contributed by atoms with Gasteiger partial charge in [0.2, 0.25) is 0 Å². The summed E-state index contributed by atoms with van der Waals surface area (Å²) in [7, 11) is 0. The molecule has 1 heterocycles. The molecule has 3 rings (SSSR count). The molecule has 0 saturated carbocycles. The van der Waals surface area contributed by atoms with Crippen molar-refractivity contribution in [3.8, 4) is 5.75 Å². The van der Waals surface area contributed by atoms with Crippen molar-refractivity contribution in [3.05, 3.63) is 57.6 Å². The van der Waals surface area contributed by atoms with E-state index in [1.54, 1.807) is 36.4 Å². The first kappa shape index (κ1) is 17.6. The summed E-state index contributed by atoms with van der Waals surface area (Å²) in [5.41, 5.74) is 1.81. The van der Waals surface area contributed by atoms with E-state index in [-0.39, 0.29) is 24.5 Å². The maximum Gasteiger partial charge on any atom is 0.262 e. The number of benzene rings is 2. The van der Waals surface area contributed by atoms with E-state index < -0.39 is 0 Å². The van der Waals surface area contributed by atoms with Crippen LogP contribution in [0.1, 0.15) is 22.8 Å². The largest absolute Gasteiger partial charge is 0.482 e. The molecule has 0 spiro atoms. The Bertz CT molecular complexity index is 819. The number of halogens is 2. The van der Waals surface area contributed by atoms with Gasteiger partial charge in [-0.2, -0.15) is 0 Å². The predicted molar refractivity (Wildman–Crippen MR) is 97.7 cm³/mol. The van der Waals surface area contributed by atoms with Gasteiger partial charge in [-0.15, -0.1) is 0 Å². The van der Waals surface area contributed by atoms with E-state index in [0.29, 0.717) is 33.5 Å². The zero-order valence-corrected chi connectivity index (χ0v) is 14.9. The highest BCUT2D eigenvalue weighted by Gasteiger charge is 2.19. The van der Waals surface area contributed by atoms with Crippen LogP contribution in [-0.2, 0) is 11.2 Å². The normalized spacial score (nSPS) is 14.1. The van der Waals surface area contributed by atoms with Crippen LogP contribution in [0.15, 0.2) is 36.4 Å². The smallest absolute Gasteiger partial charge is 0.262 e. The highest BCUT2D eigenvalue weighted by atomic mass is 35.5. The molecule has 0 aromatic heterocycles. The molecule has 0 fully saturated rings. The summed E-state index contributed by atoms with van der Waals surface area (Å²) in [5.74, 6) is 0.0305. The fourth-order valence-electron chi connectivity index (χ4n) is 2.61. The summed E-state index contributed by atoms with van der Waals surface area (Å²) in [6.07, 6.45) is 0.516. The molecule has 2 aromatic rings. The van der Waals surface area contributed by atoms with Gasteiger partial charge in [0.1, 0.15) is 5.75 Å². The third-order valence-electron chi connectivity index (χ3n) is 3.83. The number of anilines is 1. The highest BCUT2D eigenvalue weighted by molar-refractivity contribution is 6.36. The van der Waals surface area contributed by atoms with Gasteiger partial charge in [-0.05, 0) is 49.2 Å². The van der Waals surface area contributed by atoms with Gasteiger partial charge in [0, 0.05) is 21.7 Å². The van der Waals surface area contributed by atoms with Crippen LogP contribution in [0.2, 0.25) is 10.0 Å². The quantitative estimate of drug-likeness (QED) is 0.852. The number of fused-ring (bicyclic) bond motifs is 1. The van der Waals surface area contributed by atoms with Crippen LogP contribution in [0.5, 0.6) is 5.75 Å². The number of rotatable bonds is 4. The Morgan fingerprint density at radius 1 is 1.28 bits per heavy atom. The number of carbonyl (C=O) groups excluding carboxylic acids is 2. The number of amides is 2. The Morgan fingerprint density at radius 3 is 2.72 bits per heavy atom. The van der Waals surface area contributed by atoms with Crippen molar-refractivity contribution in [2.45, 2.75) is 19.4 Å². The lowest BCUT2D eigenvalue weighted by Crippen LogP contribution is -2.34. The number of hydrogen-bond acceptors (Lipinski definition) is 3. The summed E-state index contributed by atoms with van der Waals surface area (Å²) in [4.78, 5) is 23.7. The van der Waals surface area contributed by atoms with E-state index in [2.05, 4.69) is 10.6 Å². The summed E-state index contributed by atoms with van der Waals surface area (Å²) < 4.78 is 5.33. The molecule has 0 radical (unpaired) electrons. The molecule has 1 aliphatic heterocycles. The lowest BCUT2D eigenvalue weighted by atomic mass is 10.1. The first-order valence-corrected chi connectivity index (χ1v) is 8.50. The lowest BCUT2D eigenvalue weighted by Gasteiger charge is -2.19. The highest BCUT2D eigenvalue weighted by Crippen LogP contribution is 2.29. The molecule has 130 valence electrons. The molecule has 2 N–H and O–H groups in total. The maximum atomic E-state index is 12.4. The standard InChI is InChI=1S/C18H16Cl2N2O3/c1-10(7-12-13(19)3-2-4-14(12)20)21-18(24)11-5-6-15-16(8-11)25-9-17(23)22-15/h2-6,8,10H,7,9H2,1H3,(H,21,24)(H,22,23). The van der Waals surface area contributed by atoms with E-state index in [9.17, 15) is 9.59 Å². The van der Waals surface area contributed by atoms with Gasteiger partial charge in [-0.3, -0.25) is 9.59 Å². The van der Waals surface area contributed by atoms with E-state index in [0.717, 1.165) is 5.56 Å². The van der Waals surface area contributed by atoms with Gasteiger partial charge in [0.05, 0.1) is 5.69 Å². The second-order valence-corrected chi connectivity index (χ2v) is 6.64. The third kappa shape index (κ3) is 4.06. The summed E-state index contributed by atoms with van der Waals surface area (Å²) in [6.45, 7) is 1.83. The first-order valence-electron chi connectivity index (χ1n) is 7.74. The number of carbonyl (C=O) groups is 2. The van der Waals surface area contributed by atoms with E-state index in [4.69, 9.17) is 27.9 Å². The zero-order chi connectivity index (χ0) is 18.0. The van der Waals surface area contributed by atoms with Crippen LogP contribution in [0.4, 0.5) is 5.69 Å². The monoisotopic (exact) mass is 378 g/mol. The topological polar surface area (TPSA) is 67.4 Å². The minimum atomic E-state index is -0.237. The molecule has 1 aliphatic rings. The minimum Gasteiger partial charge on any atom is -0.482 e. The molecule has 0 bridgehead atoms. The van der Waals surface area contributed by atoms with Gasteiger partial charge >= 0.3 is 0 Å². The second-order valence-electron chi connectivity index (χ2n) is 5.83. The molecule has 0 saturated heterocycles. The summed E-state index contributed by atoms with van der Waals surface area (Å²) in [5, 5.41) is 6.75. The van der Waals surface area contributed by atoms with Crippen molar-refractivity contribution < 1.29 is 14.3 Å². The van der Waals surface area contributed by atoms with Crippen molar-refractivity contribution in [3.63, 3.8) is 0 Å². The van der Waals surface area contributed by atoms with E-state index >= 15 is 0 Å². The molecule has 25 heavy (non-hydrogen) atoms. The van der Waals surface area contributed by atoms with Gasteiger partial charge in [0.15, 0.2) is 6.61 Å². The molecule has 1 atom stereocenters. The van der Waals surface area contributed by atoms with Crippen molar-refractivity contribution in [1.29, 1.82) is 0 Å². The average Bonchev–Trinajstić information content (AvgIpc) is 2.57. The minimum absolute atomic E-state index is 0.0561. The Kier molecular flexibility index (Phi) is 5.16. The fraction of sp³-hybridized carbons (Fsp3) is 0.222. The van der Waals surface area contributed by atoms with Gasteiger partial charge < -0.3 is 15.4 Å².